The average Bonchev–Trinajstić information content (AvgIpc) is 3.01. The van der Waals surface area contributed by atoms with E-state index in [1.807, 2.05) is 30.3 Å². The molecule has 0 radical (unpaired) electrons. The van der Waals surface area contributed by atoms with E-state index in [1.54, 1.807) is 12.1 Å². The fraction of sp³-hybridized carbons (Fsp3) is 0.174. The van der Waals surface area contributed by atoms with E-state index in [-0.39, 0.29) is 23.4 Å². The lowest BCUT2D eigenvalue weighted by atomic mass is 9.82. The maximum Gasteiger partial charge on any atom is 0.252 e. The van der Waals surface area contributed by atoms with Gasteiger partial charge in [-0.15, -0.1) is 0 Å². The van der Waals surface area contributed by atoms with Crippen molar-refractivity contribution in [2.24, 2.45) is 5.73 Å². The number of ether oxygens (including phenoxy) is 2. The number of rotatable bonds is 3. The van der Waals surface area contributed by atoms with Crippen LogP contribution in [-0.2, 0) is 5.60 Å². The van der Waals surface area contributed by atoms with E-state index in [2.05, 4.69) is 5.32 Å². The Morgan fingerprint density at radius 2 is 1.93 bits per heavy atom. The number of nitrogens with one attached hydrogen (secondary N) is 1. The minimum absolute atomic E-state index is 0.0285. The van der Waals surface area contributed by atoms with Gasteiger partial charge in [0.25, 0.3) is 5.91 Å². The molecule has 0 aliphatic carbocycles. The third kappa shape index (κ3) is 2.41. The highest BCUT2D eigenvalue weighted by Gasteiger charge is 2.53. The Labute approximate surface area is 177 Å². The molecule has 2 atom stereocenters. The molecule has 30 heavy (non-hydrogen) atoms. The maximum absolute atomic E-state index is 15.4. The van der Waals surface area contributed by atoms with E-state index < -0.39 is 23.4 Å². The lowest BCUT2D eigenvalue weighted by molar-refractivity contribution is 0.0555. The summed E-state index contributed by atoms with van der Waals surface area (Å²) in [4.78, 5) is 13.2. The van der Waals surface area contributed by atoms with Gasteiger partial charge in [-0.2, -0.15) is 0 Å². The predicted molar refractivity (Wildman–Crippen MR) is 111 cm³/mol. The molecule has 152 valence electrons. The van der Waals surface area contributed by atoms with Crippen molar-refractivity contribution in [2.45, 2.75) is 11.6 Å². The molecule has 0 saturated heterocycles. The Morgan fingerprint density at radius 3 is 2.63 bits per heavy atom. The SMILES string of the molecule is COc1ccc2c(c1F)-c1c(Cl)ccc3c1[C@H](NC2=O)[C@@](CN)(c1ccccc1)O3. The van der Waals surface area contributed by atoms with Gasteiger partial charge in [0.1, 0.15) is 11.8 Å². The average molecular weight is 425 g/mol. The molecule has 5 nitrogen and oxygen atoms in total. The zero-order valence-electron chi connectivity index (χ0n) is 16.0. The van der Waals surface area contributed by atoms with Crippen molar-refractivity contribution in [1.29, 1.82) is 0 Å². The number of carbonyl (C=O) groups is 1. The smallest absolute Gasteiger partial charge is 0.252 e. The first-order valence-electron chi connectivity index (χ1n) is 9.46. The summed E-state index contributed by atoms with van der Waals surface area (Å²) < 4.78 is 26.9. The Balaban J connectivity index is 1.85. The molecule has 0 fully saturated rings. The summed E-state index contributed by atoms with van der Waals surface area (Å²) in [6, 6.07) is 15.1. The van der Waals surface area contributed by atoms with E-state index >= 15 is 4.39 Å². The topological polar surface area (TPSA) is 73.6 Å². The van der Waals surface area contributed by atoms with E-state index in [0.717, 1.165) is 5.56 Å². The van der Waals surface area contributed by atoms with Crippen LogP contribution in [0.5, 0.6) is 11.5 Å². The van der Waals surface area contributed by atoms with Crippen molar-refractivity contribution in [2.75, 3.05) is 13.7 Å². The molecule has 3 aromatic carbocycles. The monoisotopic (exact) mass is 424 g/mol. The zero-order chi connectivity index (χ0) is 21.0. The number of halogens is 2. The molecule has 3 N–H and O–H groups in total. The third-order valence-electron chi connectivity index (χ3n) is 5.86. The predicted octanol–water partition coefficient (Wildman–Crippen LogP) is 4.19. The molecule has 0 aromatic heterocycles. The summed E-state index contributed by atoms with van der Waals surface area (Å²) in [7, 11) is 1.37. The Morgan fingerprint density at radius 1 is 1.17 bits per heavy atom. The van der Waals surface area contributed by atoms with Crippen molar-refractivity contribution in [1.82, 2.24) is 5.32 Å². The van der Waals surface area contributed by atoms with Crippen LogP contribution in [0.25, 0.3) is 11.1 Å². The van der Waals surface area contributed by atoms with Crippen LogP contribution < -0.4 is 20.5 Å². The van der Waals surface area contributed by atoms with Crippen LogP contribution in [0.2, 0.25) is 5.02 Å². The molecular formula is C23H18ClFN2O3. The summed E-state index contributed by atoms with van der Waals surface area (Å²) in [6.45, 7) is 0.0931. The van der Waals surface area contributed by atoms with Gasteiger partial charge < -0.3 is 20.5 Å². The molecule has 2 aliphatic rings. The van der Waals surface area contributed by atoms with E-state index in [0.29, 0.717) is 21.9 Å². The van der Waals surface area contributed by atoms with E-state index in [9.17, 15) is 4.79 Å². The molecule has 7 heteroatoms. The lowest BCUT2D eigenvalue weighted by Crippen LogP contribution is -2.48. The van der Waals surface area contributed by atoms with Crippen LogP contribution in [0.1, 0.15) is 27.5 Å². The molecule has 0 spiro atoms. The Bertz CT molecular complexity index is 1180. The molecule has 2 heterocycles. The first-order chi connectivity index (χ1) is 14.5. The second-order valence-corrected chi connectivity index (χ2v) is 7.71. The van der Waals surface area contributed by atoms with Gasteiger partial charge in [-0.25, -0.2) is 4.39 Å². The number of amides is 1. The molecule has 2 aliphatic heterocycles. The highest BCUT2D eigenvalue weighted by molar-refractivity contribution is 6.34. The largest absolute Gasteiger partial charge is 0.494 e. The van der Waals surface area contributed by atoms with E-state index in [4.69, 9.17) is 26.8 Å². The van der Waals surface area contributed by atoms with Gasteiger partial charge in [0, 0.05) is 28.3 Å². The summed E-state index contributed by atoms with van der Waals surface area (Å²) in [6.07, 6.45) is 0. The normalized spacial score (nSPS) is 21.2. The van der Waals surface area contributed by atoms with Crippen LogP contribution >= 0.6 is 11.6 Å². The number of hydrogen-bond acceptors (Lipinski definition) is 4. The number of hydrogen-bond donors (Lipinski definition) is 2. The summed E-state index contributed by atoms with van der Waals surface area (Å²) >= 11 is 6.57. The minimum Gasteiger partial charge on any atom is -0.494 e. The second-order valence-electron chi connectivity index (χ2n) is 7.31. The summed E-state index contributed by atoms with van der Waals surface area (Å²) in [5.74, 6) is -0.551. The van der Waals surface area contributed by atoms with Gasteiger partial charge in [0.15, 0.2) is 17.2 Å². The highest BCUT2D eigenvalue weighted by atomic mass is 35.5. The number of fused-ring (bicyclic) bond motifs is 2. The van der Waals surface area contributed by atoms with Gasteiger partial charge >= 0.3 is 0 Å². The van der Waals surface area contributed by atoms with Crippen molar-refractivity contribution >= 4 is 17.5 Å². The molecule has 0 bridgehead atoms. The maximum atomic E-state index is 15.4. The van der Waals surface area contributed by atoms with Gasteiger partial charge in [-0.05, 0) is 29.8 Å². The zero-order valence-corrected chi connectivity index (χ0v) is 16.8. The summed E-state index contributed by atoms with van der Waals surface area (Å²) in [5, 5.41) is 3.33. The summed E-state index contributed by atoms with van der Waals surface area (Å²) in [5.41, 5.74) is 7.28. The van der Waals surface area contributed by atoms with Crippen LogP contribution in [0, 0.1) is 5.82 Å². The van der Waals surface area contributed by atoms with Crippen LogP contribution in [0.15, 0.2) is 54.6 Å². The van der Waals surface area contributed by atoms with E-state index in [1.165, 1.54) is 19.2 Å². The fourth-order valence-electron chi connectivity index (χ4n) is 4.46. The fourth-order valence-corrected chi connectivity index (χ4v) is 4.72. The molecule has 3 aromatic rings. The lowest BCUT2D eigenvalue weighted by Gasteiger charge is -2.34. The Hall–Kier alpha value is -3.09. The standard InChI is InChI=1S/C23H18ClFN2O3/c1-29-16-9-7-13-17(20(16)25)18-14(24)8-10-15-19(18)21(27-22(13)28)23(11-26,30-15)12-5-3-2-4-6-12/h2-10,21H,11,26H2,1H3,(H,27,28)/t21-,23+/m0/s1. The molecule has 5 rings (SSSR count). The number of carbonyl (C=O) groups excluding carboxylic acids is 1. The molecule has 0 saturated carbocycles. The van der Waals surface area contributed by atoms with Crippen LogP contribution in [-0.4, -0.2) is 19.6 Å². The quantitative estimate of drug-likeness (QED) is 0.661. The van der Waals surface area contributed by atoms with Gasteiger partial charge in [0.05, 0.1) is 12.7 Å². The first kappa shape index (κ1) is 18.9. The number of nitrogens with two attached hydrogens (primary N) is 1. The van der Waals surface area contributed by atoms with Crippen LogP contribution in [0.4, 0.5) is 4.39 Å². The number of methoxy groups -OCH3 is 1. The molecule has 0 unspecified atom stereocenters. The third-order valence-corrected chi connectivity index (χ3v) is 6.18. The second kappa shape index (κ2) is 6.72. The number of benzene rings is 3. The van der Waals surface area contributed by atoms with Crippen molar-refractivity contribution in [3.63, 3.8) is 0 Å². The van der Waals surface area contributed by atoms with Crippen LogP contribution in [0.3, 0.4) is 0 Å². The highest BCUT2D eigenvalue weighted by Crippen LogP contribution is 2.56. The van der Waals surface area contributed by atoms with Gasteiger partial charge in [0.2, 0.25) is 0 Å². The van der Waals surface area contributed by atoms with Crippen molar-refractivity contribution < 1.29 is 18.7 Å². The Kier molecular flexibility index (Phi) is 4.24. The molecule has 1 amide bonds. The first-order valence-corrected chi connectivity index (χ1v) is 9.84. The van der Waals surface area contributed by atoms with Gasteiger partial charge in [-0.3, -0.25) is 4.79 Å². The minimum atomic E-state index is -1.05. The van der Waals surface area contributed by atoms with Crippen molar-refractivity contribution in [3.8, 4) is 22.6 Å². The van der Waals surface area contributed by atoms with Crippen molar-refractivity contribution in [3.05, 3.63) is 82.1 Å². The molecular weight excluding hydrogens is 407 g/mol. The van der Waals surface area contributed by atoms with Gasteiger partial charge in [-0.1, -0.05) is 41.9 Å².